The summed E-state index contributed by atoms with van der Waals surface area (Å²) in [4.78, 5) is -0.0707. The quantitative estimate of drug-likeness (QED) is 0.669. The Morgan fingerprint density at radius 1 is 0.931 bits per heavy atom. The first kappa shape index (κ1) is 19.4. The average molecular weight is 413 g/mol. The summed E-state index contributed by atoms with van der Waals surface area (Å²) in [5, 5.41) is 3.31. The number of benzene rings is 3. The SMILES string of the molecule is O=S(=O)(c1cccc(F)c1)c1ccc2c(c1)OC(CNCc1ccccc1)CO2. The van der Waals surface area contributed by atoms with Crippen molar-refractivity contribution in [3.05, 3.63) is 84.2 Å². The predicted molar refractivity (Wildman–Crippen MR) is 106 cm³/mol. The van der Waals surface area contributed by atoms with E-state index in [2.05, 4.69) is 5.32 Å². The molecular weight excluding hydrogens is 393 g/mol. The molecule has 0 radical (unpaired) electrons. The van der Waals surface area contributed by atoms with Gasteiger partial charge in [0.1, 0.15) is 18.5 Å². The Kier molecular flexibility index (Phi) is 5.51. The highest BCUT2D eigenvalue weighted by molar-refractivity contribution is 7.91. The summed E-state index contributed by atoms with van der Waals surface area (Å²) in [5.41, 5.74) is 1.16. The van der Waals surface area contributed by atoms with E-state index in [-0.39, 0.29) is 15.9 Å². The molecule has 0 saturated carbocycles. The van der Waals surface area contributed by atoms with Gasteiger partial charge in [-0.15, -0.1) is 0 Å². The van der Waals surface area contributed by atoms with Crippen LogP contribution in [0.5, 0.6) is 11.5 Å². The molecule has 1 aliphatic heterocycles. The Morgan fingerprint density at radius 3 is 2.52 bits per heavy atom. The fourth-order valence-corrected chi connectivity index (χ4v) is 4.41. The van der Waals surface area contributed by atoms with E-state index in [1.807, 2.05) is 30.3 Å². The number of hydrogen-bond donors (Lipinski definition) is 1. The zero-order valence-corrected chi connectivity index (χ0v) is 16.4. The molecular formula is C22H20FNO4S. The maximum absolute atomic E-state index is 13.5. The zero-order chi connectivity index (χ0) is 20.3. The zero-order valence-electron chi connectivity index (χ0n) is 15.5. The Labute approximate surface area is 169 Å². The summed E-state index contributed by atoms with van der Waals surface area (Å²) in [6.07, 6.45) is -0.252. The van der Waals surface area contributed by atoms with Crippen LogP contribution in [-0.2, 0) is 16.4 Å². The number of ether oxygens (including phenoxy) is 2. The largest absolute Gasteiger partial charge is 0.486 e. The smallest absolute Gasteiger partial charge is 0.206 e. The van der Waals surface area contributed by atoms with Gasteiger partial charge in [-0.1, -0.05) is 36.4 Å². The number of halogens is 1. The van der Waals surface area contributed by atoms with Crippen molar-refractivity contribution in [2.24, 2.45) is 0 Å². The molecule has 1 unspecified atom stereocenters. The van der Waals surface area contributed by atoms with Gasteiger partial charge in [0.15, 0.2) is 11.5 Å². The minimum Gasteiger partial charge on any atom is -0.486 e. The molecule has 1 heterocycles. The number of nitrogens with one attached hydrogen (secondary N) is 1. The predicted octanol–water partition coefficient (Wildman–Crippen LogP) is 3.59. The lowest BCUT2D eigenvalue weighted by molar-refractivity contribution is 0.0898. The van der Waals surface area contributed by atoms with Crippen molar-refractivity contribution in [2.75, 3.05) is 13.2 Å². The standard InChI is InChI=1S/C22H20FNO4S/c23-17-7-4-8-19(11-17)29(25,26)20-9-10-21-22(12-20)28-18(15-27-21)14-24-13-16-5-2-1-3-6-16/h1-12,18,24H,13-15H2. The molecule has 150 valence electrons. The van der Waals surface area contributed by atoms with E-state index in [9.17, 15) is 12.8 Å². The Bertz CT molecular complexity index is 1100. The minimum absolute atomic E-state index is 0.0309. The van der Waals surface area contributed by atoms with Crippen molar-refractivity contribution in [2.45, 2.75) is 22.4 Å². The summed E-state index contributed by atoms with van der Waals surface area (Å²) in [6, 6.07) is 19.4. The molecule has 0 spiro atoms. The summed E-state index contributed by atoms with van der Waals surface area (Å²) >= 11 is 0. The lowest BCUT2D eigenvalue weighted by atomic mass is 10.2. The molecule has 1 aliphatic rings. The molecule has 0 aliphatic carbocycles. The Hall–Kier alpha value is -2.90. The van der Waals surface area contributed by atoms with Crippen molar-refractivity contribution >= 4 is 9.84 Å². The molecule has 0 aromatic heterocycles. The van der Waals surface area contributed by atoms with Crippen molar-refractivity contribution in [1.29, 1.82) is 0 Å². The number of rotatable bonds is 6. The maximum atomic E-state index is 13.5. The van der Waals surface area contributed by atoms with Crippen LogP contribution in [0.3, 0.4) is 0 Å². The van der Waals surface area contributed by atoms with E-state index < -0.39 is 15.7 Å². The van der Waals surface area contributed by atoms with Gasteiger partial charge >= 0.3 is 0 Å². The van der Waals surface area contributed by atoms with Gasteiger partial charge in [0.25, 0.3) is 0 Å². The van der Waals surface area contributed by atoms with Crippen LogP contribution in [0.1, 0.15) is 5.56 Å². The number of hydrogen-bond acceptors (Lipinski definition) is 5. The Balaban J connectivity index is 1.47. The third-order valence-corrected chi connectivity index (χ3v) is 6.34. The van der Waals surface area contributed by atoms with E-state index in [1.165, 1.54) is 30.3 Å². The van der Waals surface area contributed by atoms with Crippen LogP contribution >= 0.6 is 0 Å². The normalized spacial score (nSPS) is 15.8. The Morgan fingerprint density at radius 2 is 1.72 bits per heavy atom. The van der Waals surface area contributed by atoms with Gasteiger partial charge in [0, 0.05) is 19.2 Å². The second-order valence-electron chi connectivity index (χ2n) is 6.74. The lowest BCUT2D eigenvalue weighted by Gasteiger charge is -2.27. The fourth-order valence-electron chi connectivity index (χ4n) is 3.11. The second kappa shape index (κ2) is 8.23. The number of fused-ring (bicyclic) bond motifs is 1. The van der Waals surface area contributed by atoms with E-state index >= 15 is 0 Å². The lowest BCUT2D eigenvalue weighted by Crippen LogP contribution is -2.38. The van der Waals surface area contributed by atoms with Gasteiger partial charge < -0.3 is 14.8 Å². The van der Waals surface area contributed by atoms with E-state index in [0.717, 1.165) is 11.6 Å². The molecule has 3 aromatic rings. The number of sulfone groups is 1. The van der Waals surface area contributed by atoms with Crippen molar-refractivity contribution in [3.8, 4) is 11.5 Å². The molecule has 4 rings (SSSR count). The fraction of sp³-hybridized carbons (Fsp3) is 0.182. The first-order valence-corrected chi connectivity index (χ1v) is 10.7. The molecule has 1 atom stereocenters. The van der Waals surface area contributed by atoms with E-state index in [0.29, 0.717) is 31.2 Å². The average Bonchev–Trinajstić information content (AvgIpc) is 2.74. The van der Waals surface area contributed by atoms with Gasteiger partial charge in [-0.25, -0.2) is 12.8 Å². The minimum atomic E-state index is -3.86. The molecule has 0 saturated heterocycles. The van der Waals surface area contributed by atoms with Crippen LogP contribution in [0, 0.1) is 5.82 Å². The summed E-state index contributed by atoms with van der Waals surface area (Å²) in [7, 11) is -3.86. The third-order valence-electron chi connectivity index (χ3n) is 4.59. The molecule has 0 bridgehead atoms. The molecule has 29 heavy (non-hydrogen) atoms. The topological polar surface area (TPSA) is 64.6 Å². The van der Waals surface area contributed by atoms with Gasteiger partial charge in [-0.3, -0.25) is 0 Å². The van der Waals surface area contributed by atoms with Crippen LogP contribution in [-0.4, -0.2) is 27.7 Å². The van der Waals surface area contributed by atoms with Gasteiger partial charge in [0.2, 0.25) is 9.84 Å². The van der Waals surface area contributed by atoms with Gasteiger partial charge in [0.05, 0.1) is 9.79 Å². The first-order chi connectivity index (χ1) is 14.0. The van der Waals surface area contributed by atoms with Crippen LogP contribution in [0.4, 0.5) is 4.39 Å². The highest BCUT2D eigenvalue weighted by Crippen LogP contribution is 2.35. The van der Waals surface area contributed by atoms with E-state index in [4.69, 9.17) is 9.47 Å². The van der Waals surface area contributed by atoms with Crippen LogP contribution < -0.4 is 14.8 Å². The maximum Gasteiger partial charge on any atom is 0.206 e. The summed E-state index contributed by atoms with van der Waals surface area (Å²) in [5.74, 6) is 0.246. The van der Waals surface area contributed by atoms with Crippen LogP contribution in [0.25, 0.3) is 0 Å². The molecule has 0 amide bonds. The molecule has 3 aromatic carbocycles. The first-order valence-electron chi connectivity index (χ1n) is 9.21. The molecule has 7 heteroatoms. The molecule has 0 fully saturated rings. The molecule has 1 N–H and O–H groups in total. The van der Waals surface area contributed by atoms with Crippen LogP contribution in [0.15, 0.2) is 82.6 Å². The van der Waals surface area contributed by atoms with E-state index in [1.54, 1.807) is 6.07 Å². The monoisotopic (exact) mass is 413 g/mol. The molecule has 5 nitrogen and oxygen atoms in total. The van der Waals surface area contributed by atoms with Crippen LogP contribution in [0.2, 0.25) is 0 Å². The highest BCUT2D eigenvalue weighted by atomic mass is 32.2. The van der Waals surface area contributed by atoms with Gasteiger partial charge in [-0.05, 0) is 35.9 Å². The third kappa shape index (κ3) is 4.41. The summed E-state index contributed by atoms with van der Waals surface area (Å²) < 4.78 is 50.7. The highest BCUT2D eigenvalue weighted by Gasteiger charge is 2.25. The second-order valence-corrected chi connectivity index (χ2v) is 8.69. The van der Waals surface area contributed by atoms with Crippen molar-refractivity contribution < 1.29 is 22.3 Å². The van der Waals surface area contributed by atoms with Crippen molar-refractivity contribution in [1.82, 2.24) is 5.32 Å². The van der Waals surface area contributed by atoms with Gasteiger partial charge in [-0.2, -0.15) is 0 Å². The van der Waals surface area contributed by atoms with Crippen molar-refractivity contribution in [3.63, 3.8) is 0 Å². The summed E-state index contributed by atoms with van der Waals surface area (Å²) in [6.45, 7) is 1.61.